The highest BCUT2D eigenvalue weighted by Crippen LogP contribution is 2.27. The van der Waals surface area contributed by atoms with E-state index in [1.165, 1.54) is 29.9 Å². The first-order chi connectivity index (χ1) is 13.3. The maximum absolute atomic E-state index is 14.0. The van der Waals surface area contributed by atoms with E-state index in [2.05, 4.69) is 24.1 Å². The number of rotatable bonds is 5. The Morgan fingerprint density at radius 3 is 2.46 bits per heavy atom. The minimum absolute atomic E-state index is 0.0115. The van der Waals surface area contributed by atoms with Gasteiger partial charge >= 0.3 is 0 Å². The summed E-state index contributed by atoms with van der Waals surface area (Å²) in [6.45, 7) is 5.76. The Hall–Kier alpha value is -3.06. The zero-order chi connectivity index (χ0) is 20.4. The summed E-state index contributed by atoms with van der Waals surface area (Å²) in [5, 5.41) is 4.97. The summed E-state index contributed by atoms with van der Waals surface area (Å²) in [4.78, 5) is 28.3. The average molecular weight is 397 g/mol. The highest BCUT2D eigenvalue weighted by molar-refractivity contribution is 7.13. The van der Waals surface area contributed by atoms with Crippen molar-refractivity contribution in [1.29, 1.82) is 0 Å². The lowest BCUT2D eigenvalue weighted by molar-refractivity contribution is 0.0995. The molecule has 0 fully saturated rings. The standard InChI is InChI=1S/C21H20FN3O2S/c1-11(2)13-4-6-14(7-5-13)21-25-18(10-28-21)20(27)24-17-9-15(19(23)26)8-16(22)12(17)3/h4-11H,1-3H3,(H2,23,26)(H,24,27). The monoisotopic (exact) mass is 397 g/mol. The zero-order valence-electron chi connectivity index (χ0n) is 15.7. The molecule has 0 aliphatic heterocycles. The minimum atomic E-state index is -0.768. The van der Waals surface area contributed by atoms with Crippen LogP contribution in [0.15, 0.2) is 41.8 Å². The molecule has 3 rings (SSSR count). The molecule has 0 bridgehead atoms. The van der Waals surface area contributed by atoms with Crippen LogP contribution in [0, 0.1) is 12.7 Å². The highest BCUT2D eigenvalue weighted by Gasteiger charge is 2.16. The summed E-state index contributed by atoms with van der Waals surface area (Å²) in [7, 11) is 0. The lowest BCUT2D eigenvalue weighted by Crippen LogP contribution is -2.16. The molecular weight excluding hydrogens is 377 g/mol. The molecule has 1 heterocycles. The maximum atomic E-state index is 14.0. The van der Waals surface area contributed by atoms with Gasteiger partial charge in [-0.1, -0.05) is 38.1 Å². The van der Waals surface area contributed by atoms with Crippen molar-refractivity contribution >= 4 is 28.8 Å². The van der Waals surface area contributed by atoms with Crippen LogP contribution in [0.2, 0.25) is 0 Å². The number of hydrogen-bond acceptors (Lipinski definition) is 4. The largest absolute Gasteiger partial charge is 0.366 e. The number of carbonyl (C=O) groups excluding carboxylic acids is 2. The molecule has 0 aliphatic rings. The summed E-state index contributed by atoms with van der Waals surface area (Å²) in [6.07, 6.45) is 0. The van der Waals surface area contributed by atoms with Crippen molar-refractivity contribution < 1.29 is 14.0 Å². The van der Waals surface area contributed by atoms with E-state index in [-0.39, 0.29) is 22.5 Å². The van der Waals surface area contributed by atoms with Gasteiger partial charge in [0.05, 0.1) is 0 Å². The van der Waals surface area contributed by atoms with Gasteiger partial charge in [-0.15, -0.1) is 11.3 Å². The topological polar surface area (TPSA) is 85.1 Å². The number of hydrogen-bond donors (Lipinski definition) is 2. The van der Waals surface area contributed by atoms with Gasteiger partial charge in [-0.05, 0) is 30.5 Å². The molecule has 3 N–H and O–H groups in total. The first-order valence-corrected chi connectivity index (χ1v) is 9.61. The zero-order valence-corrected chi connectivity index (χ0v) is 16.6. The van der Waals surface area contributed by atoms with Gasteiger partial charge in [0, 0.05) is 27.8 Å². The molecule has 28 heavy (non-hydrogen) atoms. The summed E-state index contributed by atoms with van der Waals surface area (Å²) >= 11 is 1.35. The van der Waals surface area contributed by atoms with Crippen LogP contribution in [-0.4, -0.2) is 16.8 Å². The van der Waals surface area contributed by atoms with Crippen LogP contribution >= 0.6 is 11.3 Å². The Balaban J connectivity index is 1.82. The fraction of sp³-hybridized carbons (Fsp3) is 0.190. The van der Waals surface area contributed by atoms with E-state index in [0.29, 0.717) is 10.9 Å². The predicted molar refractivity (Wildman–Crippen MR) is 109 cm³/mol. The molecule has 0 aliphatic carbocycles. The highest BCUT2D eigenvalue weighted by atomic mass is 32.1. The van der Waals surface area contributed by atoms with Crippen LogP contribution < -0.4 is 11.1 Å². The summed E-state index contributed by atoms with van der Waals surface area (Å²) in [5.74, 6) is -1.43. The van der Waals surface area contributed by atoms with Crippen LogP contribution in [0.1, 0.15) is 51.7 Å². The molecule has 2 amide bonds. The average Bonchev–Trinajstić information content (AvgIpc) is 3.15. The third kappa shape index (κ3) is 4.09. The fourth-order valence-electron chi connectivity index (χ4n) is 2.66. The molecule has 3 aromatic rings. The number of nitrogens with zero attached hydrogens (tertiary/aromatic N) is 1. The number of carbonyl (C=O) groups is 2. The van der Waals surface area contributed by atoms with Gasteiger partial charge in [-0.25, -0.2) is 9.37 Å². The van der Waals surface area contributed by atoms with Crippen LogP contribution in [0.5, 0.6) is 0 Å². The Morgan fingerprint density at radius 2 is 1.86 bits per heavy atom. The van der Waals surface area contributed by atoms with E-state index in [0.717, 1.165) is 11.6 Å². The van der Waals surface area contributed by atoms with Gasteiger partial charge in [0.2, 0.25) is 5.91 Å². The van der Waals surface area contributed by atoms with Gasteiger partial charge in [0.15, 0.2) is 0 Å². The summed E-state index contributed by atoms with van der Waals surface area (Å²) in [5.41, 5.74) is 7.98. The molecular formula is C21H20FN3O2S. The number of anilines is 1. The van der Waals surface area contributed by atoms with Gasteiger partial charge in [-0.2, -0.15) is 0 Å². The van der Waals surface area contributed by atoms with Crippen molar-refractivity contribution in [3.63, 3.8) is 0 Å². The van der Waals surface area contributed by atoms with E-state index in [1.807, 2.05) is 24.3 Å². The van der Waals surface area contributed by atoms with Crippen molar-refractivity contribution in [3.8, 4) is 10.6 Å². The normalized spacial score (nSPS) is 10.9. The molecule has 0 unspecified atom stereocenters. The Morgan fingerprint density at radius 1 is 1.18 bits per heavy atom. The SMILES string of the molecule is Cc1c(F)cc(C(N)=O)cc1NC(=O)c1csc(-c2ccc(C(C)C)cc2)n1. The fourth-order valence-corrected chi connectivity index (χ4v) is 3.46. The lowest BCUT2D eigenvalue weighted by atomic mass is 10.0. The third-order valence-corrected chi connectivity index (χ3v) is 5.33. The van der Waals surface area contributed by atoms with Crippen LogP contribution in [0.25, 0.3) is 10.6 Å². The first-order valence-electron chi connectivity index (χ1n) is 8.73. The number of halogens is 1. The smallest absolute Gasteiger partial charge is 0.275 e. The van der Waals surface area contributed by atoms with Crippen molar-refractivity contribution in [3.05, 3.63) is 70.0 Å². The second-order valence-electron chi connectivity index (χ2n) is 6.76. The maximum Gasteiger partial charge on any atom is 0.275 e. The second-order valence-corrected chi connectivity index (χ2v) is 7.62. The minimum Gasteiger partial charge on any atom is -0.366 e. The molecule has 5 nitrogen and oxygen atoms in total. The van der Waals surface area contributed by atoms with E-state index >= 15 is 0 Å². The van der Waals surface area contributed by atoms with Crippen molar-refractivity contribution in [1.82, 2.24) is 4.98 Å². The molecule has 144 valence electrons. The molecule has 2 aromatic carbocycles. The van der Waals surface area contributed by atoms with Crippen LogP contribution in [0.3, 0.4) is 0 Å². The van der Waals surface area contributed by atoms with Gasteiger partial charge in [-0.3, -0.25) is 9.59 Å². The van der Waals surface area contributed by atoms with Gasteiger partial charge in [0.1, 0.15) is 16.5 Å². The Kier molecular flexibility index (Phi) is 5.56. The second kappa shape index (κ2) is 7.90. The molecule has 0 atom stereocenters. The molecule has 0 saturated heterocycles. The van der Waals surface area contributed by atoms with Crippen LogP contribution in [0.4, 0.5) is 10.1 Å². The van der Waals surface area contributed by atoms with Crippen LogP contribution in [-0.2, 0) is 0 Å². The number of aromatic nitrogens is 1. The van der Waals surface area contributed by atoms with Crippen molar-refractivity contribution in [2.75, 3.05) is 5.32 Å². The molecule has 0 saturated carbocycles. The van der Waals surface area contributed by atoms with E-state index in [9.17, 15) is 14.0 Å². The summed E-state index contributed by atoms with van der Waals surface area (Å²) in [6, 6.07) is 10.5. The number of nitrogens with one attached hydrogen (secondary N) is 1. The van der Waals surface area contributed by atoms with Gasteiger partial charge in [0.25, 0.3) is 5.91 Å². The Bertz CT molecular complexity index is 1040. The number of nitrogens with two attached hydrogens (primary N) is 1. The molecule has 0 radical (unpaired) electrons. The quantitative estimate of drug-likeness (QED) is 0.652. The lowest BCUT2D eigenvalue weighted by Gasteiger charge is -2.09. The number of primary amides is 1. The summed E-state index contributed by atoms with van der Waals surface area (Å²) < 4.78 is 14.0. The van der Waals surface area contributed by atoms with Crippen molar-refractivity contribution in [2.45, 2.75) is 26.7 Å². The third-order valence-electron chi connectivity index (χ3n) is 4.44. The molecule has 0 spiro atoms. The Labute approximate surface area is 166 Å². The first kappa shape index (κ1) is 19.7. The number of amides is 2. The van der Waals surface area contributed by atoms with Crippen molar-refractivity contribution in [2.24, 2.45) is 5.73 Å². The number of benzene rings is 2. The number of thiazole rings is 1. The van der Waals surface area contributed by atoms with E-state index in [1.54, 1.807) is 5.38 Å². The van der Waals surface area contributed by atoms with E-state index in [4.69, 9.17) is 5.73 Å². The van der Waals surface area contributed by atoms with Gasteiger partial charge < -0.3 is 11.1 Å². The molecule has 1 aromatic heterocycles. The molecule has 7 heteroatoms. The predicted octanol–water partition coefficient (Wildman–Crippen LogP) is 4.73. The van der Waals surface area contributed by atoms with E-state index < -0.39 is 17.6 Å².